The van der Waals surface area contributed by atoms with E-state index < -0.39 is 24.1 Å². The van der Waals surface area contributed by atoms with E-state index in [9.17, 15) is 19.8 Å². The van der Waals surface area contributed by atoms with Gasteiger partial charge in [0.25, 0.3) is 0 Å². The maximum atomic E-state index is 11.2. The van der Waals surface area contributed by atoms with Gasteiger partial charge in [-0.1, -0.05) is 59.6 Å². The number of hydrogen-bond donors (Lipinski definition) is 6. The number of carboxylic acids is 2. The van der Waals surface area contributed by atoms with Crippen molar-refractivity contribution in [3.05, 3.63) is 163 Å². The highest BCUT2D eigenvalue weighted by atomic mass is 35.5. The molecule has 8 rings (SSSR count). The molecule has 6 N–H and O–H groups in total. The molecular formula is C52H50Cl2N6O10. The lowest BCUT2D eigenvalue weighted by atomic mass is 9.92. The van der Waals surface area contributed by atoms with E-state index in [4.69, 9.17) is 52.4 Å². The van der Waals surface area contributed by atoms with Gasteiger partial charge in [-0.2, -0.15) is 0 Å². The summed E-state index contributed by atoms with van der Waals surface area (Å²) in [6.07, 6.45) is 3.80. The van der Waals surface area contributed by atoms with E-state index in [2.05, 4.69) is 42.7 Å². The minimum Gasteiger partial charge on any atom is -0.488 e. The minimum absolute atomic E-state index is 0.167. The quantitative estimate of drug-likeness (QED) is 0.0338. The number of hydrogen-bond acceptors (Lipinski definition) is 14. The number of aliphatic hydroxyl groups is 2. The highest BCUT2D eigenvalue weighted by molar-refractivity contribution is 6.32. The SMILES string of the molecule is Cc1c(COc2cc(OCc3cncc(C4=NC4)c3)c(CNC[C@H](O)C(=O)O)cc2Cl)cccc1-c1cccc(COc2cc(OCc3cncc(C4=NC4)c3)c(CNC[C@H](O)C(=O)O)cc2Cl)c1C. The van der Waals surface area contributed by atoms with Crippen LogP contribution in [0, 0.1) is 13.8 Å². The van der Waals surface area contributed by atoms with Gasteiger partial charge in [-0.15, -0.1) is 0 Å². The second-order valence-electron chi connectivity index (χ2n) is 16.8. The normalized spacial score (nSPS) is 13.5. The van der Waals surface area contributed by atoms with Crippen molar-refractivity contribution in [2.45, 2.75) is 65.6 Å². The van der Waals surface area contributed by atoms with Crippen molar-refractivity contribution in [3.63, 3.8) is 0 Å². The molecule has 362 valence electrons. The van der Waals surface area contributed by atoms with Crippen LogP contribution in [-0.2, 0) is 49.1 Å². The summed E-state index contributed by atoms with van der Waals surface area (Å²) in [6.45, 7) is 6.17. The van der Waals surface area contributed by atoms with Gasteiger partial charge in [0.2, 0.25) is 0 Å². The van der Waals surface area contributed by atoms with Crippen LogP contribution >= 0.6 is 23.2 Å². The third-order valence-electron chi connectivity index (χ3n) is 11.7. The summed E-state index contributed by atoms with van der Waals surface area (Å²) < 4.78 is 25.4. The number of nitrogens with one attached hydrogen (secondary N) is 2. The Labute approximate surface area is 413 Å². The van der Waals surface area contributed by atoms with Crippen molar-refractivity contribution in [1.29, 1.82) is 0 Å². The fraction of sp³-hybridized carbons (Fsp3) is 0.269. The van der Waals surface area contributed by atoms with Gasteiger partial charge in [0.05, 0.1) is 34.6 Å². The van der Waals surface area contributed by atoms with Gasteiger partial charge in [0.15, 0.2) is 12.2 Å². The van der Waals surface area contributed by atoms with E-state index in [0.717, 1.165) is 67.1 Å². The van der Waals surface area contributed by atoms with E-state index in [1.165, 1.54) is 0 Å². The Bertz CT molecular complexity index is 2790. The number of halogens is 2. The summed E-state index contributed by atoms with van der Waals surface area (Å²) in [4.78, 5) is 39.6. The van der Waals surface area contributed by atoms with E-state index in [1.54, 1.807) is 49.1 Å². The number of aliphatic hydroxyl groups excluding tert-OH is 2. The van der Waals surface area contributed by atoms with Crippen LogP contribution in [0.5, 0.6) is 23.0 Å². The number of aliphatic carboxylic acids is 2. The Hall–Kier alpha value is -6.92. The molecule has 0 radical (unpaired) electrons. The average molecular weight is 990 g/mol. The summed E-state index contributed by atoms with van der Waals surface area (Å²) in [5, 5.41) is 44.5. The zero-order chi connectivity index (χ0) is 49.3. The number of aliphatic imine (C=N–C) groups is 2. The van der Waals surface area contributed by atoms with Gasteiger partial charge >= 0.3 is 11.9 Å². The van der Waals surface area contributed by atoms with E-state index in [1.807, 2.05) is 50.2 Å². The minimum atomic E-state index is -1.58. The molecule has 0 unspecified atom stereocenters. The number of rotatable bonds is 25. The molecule has 4 aromatic carbocycles. The molecule has 2 aliphatic heterocycles. The zero-order valence-corrected chi connectivity index (χ0v) is 39.8. The summed E-state index contributed by atoms with van der Waals surface area (Å²) in [5.41, 5.74) is 12.6. The predicted octanol–water partition coefficient (Wildman–Crippen LogP) is 7.06. The standard InChI is InChI=1S/C52H50Cl2N6O10/c1-29-33(27-69-49-13-47(37(11-41(49)53)19-57-23-45(61)51(63)64)67-25-31-9-35(17-55-15-31)43-21-59-43)5-3-7-39(29)40-8-4-6-34(30(40)2)28-70-50-14-48(38(12-42(50)54)20-58-24-46(62)52(65)66)68-26-32-10-36(18-56-16-32)44-22-60-44/h3-18,45-46,57-58,61-62H,19-28H2,1-2H3,(H,63,64)(H,65,66)/t45-,46-/m0/s1. The van der Waals surface area contributed by atoms with Gasteiger partial charge in [-0.3, -0.25) is 20.0 Å². The molecule has 2 aliphatic rings. The molecule has 0 saturated carbocycles. The summed E-state index contributed by atoms with van der Waals surface area (Å²) in [5.74, 6) is -0.977. The number of pyridine rings is 2. The van der Waals surface area contributed by atoms with Crippen molar-refractivity contribution in [1.82, 2.24) is 20.6 Å². The molecule has 2 aromatic heterocycles. The Kier molecular flexibility index (Phi) is 16.0. The largest absolute Gasteiger partial charge is 0.488 e. The molecule has 0 spiro atoms. The first kappa shape index (κ1) is 49.5. The van der Waals surface area contributed by atoms with Crippen LogP contribution in [0.2, 0.25) is 10.0 Å². The number of benzene rings is 4. The van der Waals surface area contributed by atoms with Crippen molar-refractivity contribution in [2.75, 3.05) is 26.2 Å². The van der Waals surface area contributed by atoms with E-state index in [-0.39, 0.29) is 52.6 Å². The maximum Gasteiger partial charge on any atom is 0.333 e. The number of nitrogens with zero attached hydrogens (tertiary/aromatic N) is 4. The van der Waals surface area contributed by atoms with Gasteiger partial charge in [-0.25, -0.2) is 9.59 Å². The average Bonchev–Trinajstić information content (AvgIpc) is 4.29. The molecule has 6 aromatic rings. The maximum absolute atomic E-state index is 11.2. The Morgan fingerprint density at radius 2 is 0.971 bits per heavy atom. The smallest absolute Gasteiger partial charge is 0.333 e. The van der Waals surface area contributed by atoms with Crippen LogP contribution in [-0.4, -0.2) is 92.1 Å². The topological polar surface area (TPSA) is 227 Å². The van der Waals surface area contributed by atoms with Crippen LogP contribution in [0.15, 0.2) is 108 Å². The van der Waals surface area contributed by atoms with Gasteiger partial charge in [0.1, 0.15) is 49.4 Å². The first-order chi connectivity index (χ1) is 33.8. The number of carbonyl (C=O) groups is 2. The molecule has 70 heavy (non-hydrogen) atoms. The lowest BCUT2D eigenvalue weighted by molar-refractivity contribution is -0.147. The van der Waals surface area contributed by atoms with Crippen LogP contribution < -0.4 is 29.6 Å². The van der Waals surface area contributed by atoms with Gasteiger partial charge in [-0.05, 0) is 71.5 Å². The second-order valence-corrected chi connectivity index (χ2v) is 17.6. The summed E-state index contributed by atoms with van der Waals surface area (Å²) in [6, 6.07) is 22.8. The molecule has 0 saturated heterocycles. The number of aromatic nitrogens is 2. The molecule has 0 amide bonds. The molecule has 0 bridgehead atoms. The third kappa shape index (κ3) is 12.8. The second kappa shape index (κ2) is 22.7. The first-order valence-electron chi connectivity index (χ1n) is 22.3. The van der Waals surface area contributed by atoms with E-state index >= 15 is 0 Å². The highest BCUT2D eigenvalue weighted by Gasteiger charge is 2.20. The number of ether oxygens (including phenoxy) is 4. The molecule has 2 atom stereocenters. The summed E-state index contributed by atoms with van der Waals surface area (Å²) in [7, 11) is 0. The Morgan fingerprint density at radius 1 is 0.571 bits per heavy atom. The lowest BCUT2D eigenvalue weighted by Gasteiger charge is -2.19. The molecule has 18 heteroatoms. The van der Waals surface area contributed by atoms with Gasteiger partial charge < -0.3 is 50.0 Å². The van der Waals surface area contributed by atoms with Crippen molar-refractivity contribution >= 4 is 46.6 Å². The highest BCUT2D eigenvalue weighted by Crippen LogP contribution is 2.37. The number of carboxylic acid groups (broad SMARTS) is 2. The Morgan fingerprint density at radius 3 is 1.36 bits per heavy atom. The van der Waals surface area contributed by atoms with Crippen molar-refractivity contribution in [3.8, 4) is 34.1 Å². The fourth-order valence-electron chi connectivity index (χ4n) is 7.57. The van der Waals surface area contributed by atoms with E-state index in [0.29, 0.717) is 57.3 Å². The van der Waals surface area contributed by atoms with Crippen LogP contribution in [0.3, 0.4) is 0 Å². The van der Waals surface area contributed by atoms with Crippen LogP contribution in [0.4, 0.5) is 0 Å². The molecule has 16 nitrogen and oxygen atoms in total. The Balaban J connectivity index is 0.970. The molecular weight excluding hydrogens is 940 g/mol. The summed E-state index contributed by atoms with van der Waals surface area (Å²) >= 11 is 13.6. The molecule has 0 aliphatic carbocycles. The van der Waals surface area contributed by atoms with Crippen LogP contribution in [0.1, 0.15) is 55.6 Å². The van der Waals surface area contributed by atoms with Gasteiger partial charge in [0, 0.05) is 96.5 Å². The van der Waals surface area contributed by atoms with Crippen molar-refractivity contribution in [2.24, 2.45) is 9.98 Å². The lowest BCUT2D eigenvalue weighted by Crippen LogP contribution is -2.32. The molecule has 4 heterocycles. The first-order valence-corrected chi connectivity index (χ1v) is 23.1. The predicted molar refractivity (Wildman–Crippen MR) is 264 cm³/mol. The molecule has 0 fully saturated rings. The van der Waals surface area contributed by atoms with Crippen LogP contribution in [0.25, 0.3) is 11.1 Å². The monoisotopic (exact) mass is 988 g/mol. The third-order valence-corrected chi connectivity index (χ3v) is 12.3. The fourth-order valence-corrected chi connectivity index (χ4v) is 8.05. The van der Waals surface area contributed by atoms with Crippen molar-refractivity contribution < 1.29 is 49.0 Å². The zero-order valence-electron chi connectivity index (χ0n) is 38.2.